The smallest absolute Gasteiger partial charge is 0.315 e. The van der Waals surface area contributed by atoms with Crippen LogP contribution in [0, 0.1) is 0 Å². The van der Waals surface area contributed by atoms with E-state index in [2.05, 4.69) is 40.3 Å². The SMILES string of the molecule is O=C(NCc1nnc2n1CCC2)NC1CCN(c2ncccn2)CC1. The summed E-state index contributed by atoms with van der Waals surface area (Å²) in [7, 11) is 0. The third-order valence-electron chi connectivity index (χ3n) is 4.76. The van der Waals surface area contributed by atoms with Gasteiger partial charge in [0.25, 0.3) is 0 Å². The molecule has 0 radical (unpaired) electrons. The molecule has 9 heteroatoms. The van der Waals surface area contributed by atoms with Gasteiger partial charge < -0.3 is 20.1 Å². The predicted octanol–water partition coefficient (Wildman–Crippen LogP) is 0.483. The van der Waals surface area contributed by atoms with Crippen molar-refractivity contribution < 1.29 is 4.79 Å². The number of urea groups is 1. The Morgan fingerprint density at radius 2 is 1.96 bits per heavy atom. The van der Waals surface area contributed by atoms with E-state index in [4.69, 9.17) is 0 Å². The van der Waals surface area contributed by atoms with Crippen LogP contribution in [0.4, 0.5) is 10.7 Å². The van der Waals surface area contributed by atoms with Crippen LogP contribution in [-0.4, -0.2) is 49.9 Å². The third-order valence-corrected chi connectivity index (χ3v) is 4.76. The van der Waals surface area contributed by atoms with Crippen molar-refractivity contribution in [1.29, 1.82) is 0 Å². The van der Waals surface area contributed by atoms with E-state index in [-0.39, 0.29) is 12.1 Å². The second kappa shape index (κ2) is 7.04. The zero-order valence-electron chi connectivity index (χ0n) is 14.1. The topological polar surface area (TPSA) is 101 Å². The number of hydrogen-bond donors (Lipinski definition) is 2. The van der Waals surface area contributed by atoms with Crippen molar-refractivity contribution in [2.75, 3.05) is 18.0 Å². The minimum Gasteiger partial charge on any atom is -0.341 e. The van der Waals surface area contributed by atoms with Gasteiger partial charge in [0.05, 0.1) is 6.54 Å². The van der Waals surface area contributed by atoms with E-state index in [1.165, 1.54) is 0 Å². The third kappa shape index (κ3) is 3.54. The molecule has 2 amide bonds. The van der Waals surface area contributed by atoms with E-state index in [0.717, 1.165) is 62.9 Å². The summed E-state index contributed by atoms with van der Waals surface area (Å²) in [5.41, 5.74) is 0. The molecule has 2 aromatic heterocycles. The second-order valence-electron chi connectivity index (χ2n) is 6.42. The molecule has 0 unspecified atom stereocenters. The molecule has 2 aliphatic rings. The molecular weight excluding hydrogens is 320 g/mol. The van der Waals surface area contributed by atoms with Gasteiger partial charge in [-0.3, -0.25) is 0 Å². The minimum absolute atomic E-state index is 0.148. The zero-order chi connectivity index (χ0) is 17.1. The Kier molecular flexibility index (Phi) is 4.45. The number of aromatic nitrogens is 5. The number of hydrogen-bond acceptors (Lipinski definition) is 6. The summed E-state index contributed by atoms with van der Waals surface area (Å²) in [6, 6.07) is 1.83. The lowest BCUT2D eigenvalue weighted by Crippen LogP contribution is -2.48. The van der Waals surface area contributed by atoms with Gasteiger partial charge in [-0.1, -0.05) is 0 Å². The first-order valence-electron chi connectivity index (χ1n) is 8.77. The summed E-state index contributed by atoms with van der Waals surface area (Å²) < 4.78 is 2.10. The average Bonchev–Trinajstić information content (AvgIpc) is 3.25. The van der Waals surface area contributed by atoms with Crippen LogP contribution in [0.3, 0.4) is 0 Å². The highest BCUT2D eigenvalue weighted by molar-refractivity contribution is 5.74. The second-order valence-corrected chi connectivity index (χ2v) is 6.42. The van der Waals surface area contributed by atoms with Gasteiger partial charge in [0.1, 0.15) is 5.82 Å². The molecule has 25 heavy (non-hydrogen) atoms. The number of carbonyl (C=O) groups is 1. The van der Waals surface area contributed by atoms with Gasteiger partial charge in [-0.15, -0.1) is 10.2 Å². The number of rotatable bonds is 4. The number of aryl methyl sites for hydroxylation is 1. The molecule has 2 N–H and O–H groups in total. The first-order valence-corrected chi connectivity index (χ1v) is 8.77. The molecule has 4 rings (SSSR count). The van der Waals surface area contributed by atoms with E-state index < -0.39 is 0 Å². The fourth-order valence-electron chi connectivity index (χ4n) is 3.42. The van der Waals surface area contributed by atoms with E-state index in [1.807, 2.05) is 6.07 Å². The molecule has 9 nitrogen and oxygen atoms in total. The summed E-state index contributed by atoms with van der Waals surface area (Å²) >= 11 is 0. The van der Waals surface area contributed by atoms with Crippen molar-refractivity contribution in [2.24, 2.45) is 0 Å². The molecule has 1 saturated heterocycles. The Morgan fingerprint density at radius 3 is 2.76 bits per heavy atom. The molecule has 132 valence electrons. The Morgan fingerprint density at radius 1 is 1.16 bits per heavy atom. The molecule has 0 saturated carbocycles. The number of amides is 2. The van der Waals surface area contributed by atoms with Crippen LogP contribution < -0.4 is 15.5 Å². The van der Waals surface area contributed by atoms with Gasteiger partial charge in [0.2, 0.25) is 5.95 Å². The van der Waals surface area contributed by atoms with E-state index in [0.29, 0.717) is 6.54 Å². The van der Waals surface area contributed by atoms with Crippen LogP contribution >= 0.6 is 0 Å². The van der Waals surface area contributed by atoms with Crippen molar-refractivity contribution in [3.63, 3.8) is 0 Å². The molecule has 2 aromatic rings. The normalized spacial score (nSPS) is 17.4. The fourth-order valence-corrected chi connectivity index (χ4v) is 3.42. The monoisotopic (exact) mass is 342 g/mol. The number of nitrogens with zero attached hydrogens (tertiary/aromatic N) is 6. The van der Waals surface area contributed by atoms with Gasteiger partial charge in [0.15, 0.2) is 5.82 Å². The molecule has 0 atom stereocenters. The molecule has 4 heterocycles. The largest absolute Gasteiger partial charge is 0.341 e. The lowest BCUT2D eigenvalue weighted by atomic mass is 10.1. The number of carbonyl (C=O) groups excluding carboxylic acids is 1. The van der Waals surface area contributed by atoms with Gasteiger partial charge in [-0.25, -0.2) is 14.8 Å². The fraction of sp³-hybridized carbons (Fsp3) is 0.562. The van der Waals surface area contributed by atoms with E-state index >= 15 is 0 Å². The highest BCUT2D eigenvalue weighted by atomic mass is 16.2. The van der Waals surface area contributed by atoms with Crippen LogP contribution in [0.1, 0.15) is 30.9 Å². The molecule has 1 fully saturated rings. The average molecular weight is 342 g/mol. The van der Waals surface area contributed by atoms with Crippen molar-refractivity contribution in [3.8, 4) is 0 Å². The Balaban J connectivity index is 1.22. The first kappa shape index (κ1) is 15.8. The maximum atomic E-state index is 12.1. The Hall–Kier alpha value is -2.71. The number of nitrogens with one attached hydrogen (secondary N) is 2. The van der Waals surface area contributed by atoms with Gasteiger partial charge >= 0.3 is 6.03 Å². The Bertz CT molecular complexity index is 723. The van der Waals surface area contributed by atoms with Crippen molar-refractivity contribution in [2.45, 2.75) is 44.8 Å². The summed E-state index contributed by atoms with van der Waals surface area (Å²) in [4.78, 5) is 22.8. The quantitative estimate of drug-likeness (QED) is 0.838. The maximum absolute atomic E-state index is 12.1. The Labute approximate surface area is 145 Å². The number of fused-ring (bicyclic) bond motifs is 1. The van der Waals surface area contributed by atoms with Crippen LogP contribution in [-0.2, 0) is 19.5 Å². The van der Waals surface area contributed by atoms with Crippen molar-refractivity contribution in [1.82, 2.24) is 35.4 Å². The zero-order valence-corrected chi connectivity index (χ0v) is 14.1. The van der Waals surface area contributed by atoms with E-state index in [1.54, 1.807) is 12.4 Å². The van der Waals surface area contributed by atoms with Crippen LogP contribution in [0.25, 0.3) is 0 Å². The lowest BCUT2D eigenvalue weighted by molar-refractivity contribution is 0.233. The van der Waals surface area contributed by atoms with Crippen molar-refractivity contribution >= 4 is 12.0 Å². The van der Waals surface area contributed by atoms with Gasteiger partial charge in [-0.05, 0) is 25.3 Å². The van der Waals surface area contributed by atoms with Gasteiger partial charge in [0, 0.05) is 44.5 Å². The minimum atomic E-state index is -0.148. The molecule has 0 spiro atoms. The highest BCUT2D eigenvalue weighted by Crippen LogP contribution is 2.15. The molecule has 0 bridgehead atoms. The standard InChI is InChI=1S/C16H22N8O/c25-16(19-11-14-22-21-13-3-1-8-24(13)14)20-12-4-9-23(10-5-12)15-17-6-2-7-18-15/h2,6-7,12H,1,3-5,8-11H2,(H2,19,20,25). The predicted molar refractivity (Wildman–Crippen MR) is 91.0 cm³/mol. The van der Waals surface area contributed by atoms with Crippen LogP contribution in [0.15, 0.2) is 18.5 Å². The van der Waals surface area contributed by atoms with E-state index in [9.17, 15) is 4.79 Å². The first-order chi connectivity index (χ1) is 12.3. The summed E-state index contributed by atoms with van der Waals surface area (Å²) in [6.07, 6.45) is 7.34. The molecule has 2 aliphatic heterocycles. The lowest BCUT2D eigenvalue weighted by Gasteiger charge is -2.32. The molecule has 0 aromatic carbocycles. The number of piperidine rings is 1. The number of anilines is 1. The molecular formula is C16H22N8O. The molecule has 0 aliphatic carbocycles. The summed E-state index contributed by atoms with van der Waals surface area (Å²) in [6.45, 7) is 3.04. The van der Waals surface area contributed by atoms with Crippen LogP contribution in [0.2, 0.25) is 0 Å². The summed E-state index contributed by atoms with van der Waals surface area (Å²) in [5, 5.41) is 14.2. The summed E-state index contributed by atoms with van der Waals surface area (Å²) in [5.74, 6) is 2.61. The van der Waals surface area contributed by atoms with Gasteiger partial charge in [-0.2, -0.15) is 0 Å². The highest BCUT2D eigenvalue weighted by Gasteiger charge is 2.22. The van der Waals surface area contributed by atoms with Crippen molar-refractivity contribution in [3.05, 3.63) is 30.1 Å². The maximum Gasteiger partial charge on any atom is 0.315 e. The van der Waals surface area contributed by atoms with Crippen LogP contribution in [0.5, 0.6) is 0 Å².